The van der Waals surface area contributed by atoms with Gasteiger partial charge in [0.2, 0.25) is 5.91 Å². The third-order valence-electron chi connectivity index (χ3n) is 9.24. The molecule has 0 bridgehead atoms. The molecule has 1 fully saturated rings. The van der Waals surface area contributed by atoms with Crippen molar-refractivity contribution in [3.05, 3.63) is 144 Å². The zero-order valence-electron chi connectivity index (χ0n) is 32.3. The molecule has 5 unspecified atom stereocenters. The number of carbonyl (C=O) groups excluding carboxylic acids is 4. The van der Waals surface area contributed by atoms with E-state index in [4.69, 9.17) is 28.4 Å². The Morgan fingerprint density at radius 3 is 1.72 bits per heavy atom. The topological polar surface area (TPSA) is 160 Å². The smallest absolute Gasteiger partial charge is 0.408 e. The maximum absolute atomic E-state index is 14.1. The van der Waals surface area contributed by atoms with Crippen LogP contribution in [0, 0.1) is 0 Å². The van der Waals surface area contributed by atoms with Crippen LogP contribution in [0.5, 0.6) is 0 Å². The third-order valence-corrected chi connectivity index (χ3v) is 9.24. The molecule has 4 aromatic rings. The number of ether oxygens (including phenoxy) is 6. The lowest BCUT2D eigenvalue weighted by Crippen LogP contribution is -2.68. The molecule has 1 aliphatic heterocycles. The summed E-state index contributed by atoms with van der Waals surface area (Å²) in [5, 5.41) is 8.35. The molecule has 1 heterocycles. The summed E-state index contributed by atoms with van der Waals surface area (Å²) < 4.78 is 36.0. The summed E-state index contributed by atoms with van der Waals surface area (Å²) in [4.78, 5) is 51.9. The second kappa shape index (κ2) is 22.8. The third kappa shape index (κ3) is 13.8. The molecule has 13 nitrogen and oxygen atoms in total. The van der Waals surface area contributed by atoms with Gasteiger partial charge in [-0.3, -0.25) is 9.59 Å². The predicted octanol–water partition coefficient (Wildman–Crippen LogP) is 5.01. The van der Waals surface area contributed by atoms with E-state index < -0.39 is 54.5 Å². The number of benzene rings is 4. The summed E-state index contributed by atoms with van der Waals surface area (Å²) in [7, 11) is 1.23. The highest BCUT2D eigenvalue weighted by Crippen LogP contribution is 2.29. The van der Waals surface area contributed by atoms with Crippen LogP contribution in [0.3, 0.4) is 0 Å². The minimum Gasteiger partial charge on any atom is -0.467 e. The van der Waals surface area contributed by atoms with Crippen LogP contribution in [0.4, 0.5) is 4.79 Å². The quantitative estimate of drug-likeness (QED) is 0.0822. The van der Waals surface area contributed by atoms with E-state index in [9.17, 15) is 19.2 Å². The van der Waals surface area contributed by atoms with Crippen LogP contribution in [-0.4, -0.2) is 80.6 Å². The van der Waals surface area contributed by atoms with Gasteiger partial charge in [0.25, 0.3) is 5.91 Å². The maximum atomic E-state index is 14.1. The van der Waals surface area contributed by atoms with Crippen LogP contribution >= 0.6 is 0 Å². The number of methoxy groups -OCH3 is 1. The van der Waals surface area contributed by atoms with Crippen molar-refractivity contribution in [3.63, 3.8) is 0 Å². The Labute approximate surface area is 333 Å². The number of amides is 3. The highest BCUT2D eigenvalue weighted by atomic mass is 16.6. The Balaban J connectivity index is 1.30. The van der Waals surface area contributed by atoms with E-state index >= 15 is 0 Å². The van der Waals surface area contributed by atoms with Gasteiger partial charge in [0.15, 0.2) is 6.10 Å². The average Bonchev–Trinajstić information content (AvgIpc) is 3.24. The highest BCUT2D eigenvalue weighted by molar-refractivity contribution is 5.83. The molecule has 1 saturated heterocycles. The molecule has 0 radical (unpaired) electrons. The van der Waals surface area contributed by atoms with Crippen molar-refractivity contribution in [1.29, 1.82) is 0 Å². The van der Waals surface area contributed by atoms with Crippen LogP contribution in [0.2, 0.25) is 0 Å². The van der Waals surface area contributed by atoms with Gasteiger partial charge in [0, 0.05) is 13.5 Å². The molecule has 302 valence electrons. The van der Waals surface area contributed by atoms with Gasteiger partial charge in [-0.15, -0.1) is 0 Å². The van der Waals surface area contributed by atoms with Gasteiger partial charge in [-0.1, -0.05) is 121 Å². The molecule has 57 heavy (non-hydrogen) atoms. The number of hydrogen-bond acceptors (Lipinski definition) is 10. The summed E-state index contributed by atoms with van der Waals surface area (Å²) in [6.07, 6.45) is -3.96. The lowest BCUT2D eigenvalue weighted by Gasteiger charge is -2.46. The van der Waals surface area contributed by atoms with E-state index in [1.54, 1.807) is 0 Å². The molecule has 5 rings (SSSR count). The highest BCUT2D eigenvalue weighted by Gasteiger charge is 2.50. The number of nitrogens with one attached hydrogen (secondary N) is 3. The Bertz CT molecular complexity index is 1820. The normalized spacial score (nSPS) is 19.4. The van der Waals surface area contributed by atoms with Crippen molar-refractivity contribution in [1.82, 2.24) is 16.0 Å². The van der Waals surface area contributed by atoms with Crippen LogP contribution in [0.15, 0.2) is 121 Å². The average molecular weight is 782 g/mol. The van der Waals surface area contributed by atoms with Crippen LogP contribution in [-0.2, 0) is 69.2 Å². The molecule has 13 heteroatoms. The fourth-order valence-electron chi connectivity index (χ4n) is 6.41. The molecule has 0 aliphatic carbocycles. The van der Waals surface area contributed by atoms with Gasteiger partial charge in [0.05, 0.1) is 39.6 Å². The van der Waals surface area contributed by atoms with E-state index in [0.717, 1.165) is 22.3 Å². The Kier molecular flexibility index (Phi) is 17.0. The number of rotatable bonds is 20. The number of esters is 1. The fourth-order valence-corrected chi connectivity index (χ4v) is 6.41. The molecular formula is C44H51N3O10. The zero-order valence-corrected chi connectivity index (χ0v) is 32.3. The Morgan fingerprint density at radius 1 is 0.684 bits per heavy atom. The lowest BCUT2D eigenvalue weighted by molar-refractivity contribution is -0.230. The summed E-state index contributed by atoms with van der Waals surface area (Å²) >= 11 is 0. The van der Waals surface area contributed by atoms with Crippen molar-refractivity contribution in [3.8, 4) is 0 Å². The summed E-state index contributed by atoms with van der Waals surface area (Å²) in [5.74, 6) is -1.56. The largest absolute Gasteiger partial charge is 0.467 e. The summed E-state index contributed by atoms with van der Waals surface area (Å²) in [6, 6.07) is 36.1. The first-order chi connectivity index (χ1) is 27.8. The van der Waals surface area contributed by atoms with Crippen molar-refractivity contribution in [2.75, 3.05) is 20.3 Å². The molecule has 3 N–H and O–H groups in total. The maximum Gasteiger partial charge on any atom is 0.408 e. The van der Waals surface area contributed by atoms with E-state index in [-0.39, 0.29) is 51.7 Å². The van der Waals surface area contributed by atoms with Gasteiger partial charge in [-0.25, -0.2) is 9.59 Å². The number of alkyl carbamates (subject to hydrolysis) is 1. The SMILES string of the molecule is COC(=O)[C@H](CCCNC(=O)C1OC(COCc2ccccc2)C(OCc2ccccc2)C(OCc2ccccc2)C1NC(C)=O)NC(=O)OCc1ccccc1. The second-order valence-electron chi connectivity index (χ2n) is 13.6. The van der Waals surface area contributed by atoms with Crippen LogP contribution in [0.1, 0.15) is 42.0 Å². The van der Waals surface area contributed by atoms with Gasteiger partial charge in [0.1, 0.15) is 31.0 Å². The molecular weight excluding hydrogens is 730 g/mol. The molecule has 3 amide bonds. The summed E-state index contributed by atoms with van der Waals surface area (Å²) in [5.41, 5.74) is 3.56. The molecule has 0 spiro atoms. The van der Waals surface area contributed by atoms with E-state index in [1.807, 2.05) is 121 Å². The number of hydrogen-bond donors (Lipinski definition) is 3. The first-order valence-corrected chi connectivity index (χ1v) is 19.0. The zero-order chi connectivity index (χ0) is 40.2. The molecule has 6 atom stereocenters. The van der Waals surface area contributed by atoms with Gasteiger partial charge >= 0.3 is 12.1 Å². The fraction of sp³-hybridized carbons (Fsp3) is 0.364. The van der Waals surface area contributed by atoms with E-state index in [0.29, 0.717) is 6.61 Å². The monoisotopic (exact) mass is 781 g/mol. The van der Waals surface area contributed by atoms with Crippen LogP contribution < -0.4 is 16.0 Å². The van der Waals surface area contributed by atoms with E-state index in [2.05, 4.69) is 16.0 Å². The first kappa shape index (κ1) is 42.5. The van der Waals surface area contributed by atoms with Gasteiger partial charge in [-0.05, 0) is 35.1 Å². The standard InChI is InChI=1S/C44H51N3O10/c1-31(48)46-38-40(55-28-34-20-11-5-12-21-34)39(54-27-33-18-9-4-10-19-33)37(30-53-26-32-16-7-3-8-17-32)57-41(38)42(49)45-25-15-24-36(43(50)52-2)47-44(51)56-29-35-22-13-6-14-23-35/h3-14,16-23,36-41H,15,24-30H2,1-2H3,(H,45,49)(H,46,48)(H,47,51)/t36-,37?,38?,39?,40?,41?/m0/s1. The molecule has 4 aromatic carbocycles. The predicted molar refractivity (Wildman–Crippen MR) is 210 cm³/mol. The molecule has 1 aliphatic rings. The first-order valence-electron chi connectivity index (χ1n) is 19.0. The minimum absolute atomic E-state index is 0.0278. The second-order valence-corrected chi connectivity index (χ2v) is 13.6. The summed E-state index contributed by atoms with van der Waals surface area (Å²) in [6.45, 7) is 2.25. The van der Waals surface area contributed by atoms with Crippen molar-refractivity contribution < 1.29 is 47.6 Å². The van der Waals surface area contributed by atoms with Crippen molar-refractivity contribution in [2.24, 2.45) is 0 Å². The van der Waals surface area contributed by atoms with Crippen molar-refractivity contribution in [2.45, 2.75) is 82.7 Å². The molecule has 0 saturated carbocycles. The number of carbonyl (C=O) groups is 4. The lowest BCUT2D eigenvalue weighted by atomic mass is 9.91. The Morgan fingerprint density at radius 2 is 1.19 bits per heavy atom. The minimum atomic E-state index is -1.21. The van der Waals surface area contributed by atoms with Gasteiger partial charge < -0.3 is 44.4 Å². The van der Waals surface area contributed by atoms with Crippen molar-refractivity contribution >= 4 is 23.9 Å². The Hall–Kier alpha value is -5.60. The van der Waals surface area contributed by atoms with E-state index in [1.165, 1.54) is 14.0 Å². The molecule has 0 aromatic heterocycles. The van der Waals surface area contributed by atoms with Crippen LogP contribution in [0.25, 0.3) is 0 Å². The van der Waals surface area contributed by atoms with Gasteiger partial charge in [-0.2, -0.15) is 0 Å².